The molecule has 0 radical (unpaired) electrons. The lowest BCUT2D eigenvalue weighted by Crippen LogP contribution is -2.48. The number of hydrogen-bond donors (Lipinski definition) is 0. The van der Waals surface area contributed by atoms with Crippen LogP contribution >= 0.6 is 0 Å². The highest BCUT2D eigenvalue weighted by Crippen LogP contribution is 2.49. The Morgan fingerprint density at radius 3 is 2.61 bits per heavy atom. The Morgan fingerprint density at radius 2 is 1.86 bits per heavy atom. The van der Waals surface area contributed by atoms with Crippen molar-refractivity contribution in [3.05, 3.63) is 71.3 Å². The molecule has 0 aromatic heterocycles. The molecule has 2 aromatic rings. The van der Waals surface area contributed by atoms with Crippen LogP contribution in [0.5, 0.6) is 0 Å². The van der Waals surface area contributed by atoms with E-state index in [9.17, 15) is 4.79 Å². The van der Waals surface area contributed by atoms with Gasteiger partial charge in [-0.05, 0) is 43.4 Å². The van der Waals surface area contributed by atoms with Gasteiger partial charge in [-0.1, -0.05) is 54.6 Å². The van der Waals surface area contributed by atoms with Gasteiger partial charge in [-0.2, -0.15) is 0 Å². The molecule has 0 N–H and O–H groups in total. The van der Waals surface area contributed by atoms with E-state index in [0.717, 1.165) is 25.9 Å². The Balaban J connectivity index is 1.46. The highest BCUT2D eigenvalue weighted by Gasteiger charge is 2.54. The number of ether oxygens (including phenoxy) is 2. The molecule has 3 aliphatic rings. The van der Waals surface area contributed by atoms with E-state index in [1.165, 1.54) is 16.7 Å². The van der Waals surface area contributed by atoms with Crippen molar-refractivity contribution in [3.63, 3.8) is 0 Å². The monoisotopic (exact) mass is 377 g/mol. The number of benzene rings is 2. The Morgan fingerprint density at radius 1 is 1.14 bits per heavy atom. The Hall–Kier alpha value is -2.17. The van der Waals surface area contributed by atoms with Crippen molar-refractivity contribution in [2.75, 3.05) is 6.61 Å². The van der Waals surface area contributed by atoms with Gasteiger partial charge < -0.3 is 14.4 Å². The lowest BCUT2D eigenvalue weighted by molar-refractivity contribution is -0.152. The summed E-state index contributed by atoms with van der Waals surface area (Å²) in [5.41, 5.74) is 3.14. The third-order valence-electron chi connectivity index (χ3n) is 6.31. The van der Waals surface area contributed by atoms with Crippen LogP contribution in [-0.2, 0) is 27.1 Å². The van der Waals surface area contributed by atoms with Crippen molar-refractivity contribution >= 4 is 5.91 Å². The number of hydrogen-bond acceptors (Lipinski definition) is 3. The molecule has 1 amide bonds. The van der Waals surface area contributed by atoms with Crippen LogP contribution in [0.4, 0.5) is 0 Å². The molecule has 2 aromatic carbocycles. The molecule has 146 valence electrons. The first-order chi connectivity index (χ1) is 13.5. The Labute approximate surface area is 166 Å². The molecule has 2 aliphatic heterocycles. The quantitative estimate of drug-likeness (QED) is 0.743. The molecule has 0 saturated carbocycles. The van der Waals surface area contributed by atoms with Crippen LogP contribution in [0.25, 0.3) is 0 Å². The average Bonchev–Trinajstić information content (AvgIpc) is 3.37. The summed E-state index contributed by atoms with van der Waals surface area (Å²) in [6, 6.07) is 18.8. The topological polar surface area (TPSA) is 42.1 Å². The predicted octanol–water partition coefficient (Wildman–Crippen LogP) is 3.90. The zero-order chi connectivity index (χ0) is 19.3. The van der Waals surface area contributed by atoms with E-state index in [-0.39, 0.29) is 30.1 Å². The zero-order valence-electron chi connectivity index (χ0n) is 16.5. The predicted molar refractivity (Wildman–Crippen MR) is 107 cm³/mol. The molecule has 4 nitrogen and oxygen atoms in total. The minimum atomic E-state index is -0.598. The summed E-state index contributed by atoms with van der Waals surface area (Å²) in [4.78, 5) is 15.9. The lowest BCUT2D eigenvalue weighted by Gasteiger charge is -2.36. The van der Waals surface area contributed by atoms with E-state index in [2.05, 4.69) is 36.4 Å². The van der Waals surface area contributed by atoms with Crippen LogP contribution in [0.15, 0.2) is 54.6 Å². The van der Waals surface area contributed by atoms with Crippen molar-refractivity contribution in [1.82, 2.24) is 4.90 Å². The summed E-state index contributed by atoms with van der Waals surface area (Å²) in [7, 11) is 0. The first-order valence-corrected chi connectivity index (χ1v) is 10.3. The molecule has 5 rings (SSSR count). The molecule has 2 fully saturated rings. The second kappa shape index (κ2) is 6.71. The first-order valence-electron chi connectivity index (χ1n) is 10.3. The summed E-state index contributed by atoms with van der Waals surface area (Å²) in [5.74, 6) is 0.0952. The molecule has 0 bridgehead atoms. The minimum Gasteiger partial charge on any atom is -0.373 e. The summed E-state index contributed by atoms with van der Waals surface area (Å²) in [5, 5.41) is 0. The summed E-state index contributed by atoms with van der Waals surface area (Å²) >= 11 is 0. The van der Waals surface area contributed by atoms with Crippen LogP contribution in [0, 0.1) is 5.92 Å². The van der Waals surface area contributed by atoms with Gasteiger partial charge in [0.25, 0.3) is 0 Å². The van der Waals surface area contributed by atoms with E-state index < -0.39 is 5.72 Å². The fourth-order valence-corrected chi connectivity index (χ4v) is 5.00. The smallest absolute Gasteiger partial charge is 0.228 e. The van der Waals surface area contributed by atoms with Crippen LogP contribution in [0.2, 0.25) is 0 Å². The van der Waals surface area contributed by atoms with Crippen LogP contribution in [0.1, 0.15) is 43.0 Å². The van der Waals surface area contributed by atoms with Crippen molar-refractivity contribution in [2.24, 2.45) is 5.92 Å². The second-order valence-electron chi connectivity index (χ2n) is 8.74. The maximum Gasteiger partial charge on any atom is 0.228 e. The number of fused-ring (bicyclic) bond motifs is 3. The highest BCUT2D eigenvalue weighted by atomic mass is 16.6. The molecule has 4 heteroatoms. The number of carbonyl (C=O) groups is 1. The Bertz CT molecular complexity index is 874. The second-order valence-corrected chi connectivity index (χ2v) is 8.74. The van der Waals surface area contributed by atoms with Gasteiger partial charge in [-0.25, -0.2) is 0 Å². The maximum atomic E-state index is 13.9. The van der Waals surface area contributed by atoms with Gasteiger partial charge in [-0.15, -0.1) is 0 Å². The van der Waals surface area contributed by atoms with Crippen molar-refractivity contribution < 1.29 is 14.3 Å². The van der Waals surface area contributed by atoms with E-state index in [0.29, 0.717) is 0 Å². The first kappa shape index (κ1) is 17.9. The van der Waals surface area contributed by atoms with Gasteiger partial charge in [0.2, 0.25) is 5.91 Å². The fourth-order valence-electron chi connectivity index (χ4n) is 5.00. The number of rotatable bonds is 5. The van der Waals surface area contributed by atoms with E-state index in [1.807, 2.05) is 36.9 Å². The summed E-state index contributed by atoms with van der Waals surface area (Å²) < 4.78 is 11.9. The van der Waals surface area contributed by atoms with E-state index >= 15 is 0 Å². The van der Waals surface area contributed by atoms with Crippen molar-refractivity contribution in [2.45, 2.75) is 57.1 Å². The summed E-state index contributed by atoms with van der Waals surface area (Å²) in [6.07, 6.45) is 2.66. The molecular weight excluding hydrogens is 350 g/mol. The number of amides is 1. The molecule has 1 unspecified atom stereocenters. The number of carbonyl (C=O) groups excluding carboxylic acids is 1. The molecule has 28 heavy (non-hydrogen) atoms. The van der Waals surface area contributed by atoms with Gasteiger partial charge in [0, 0.05) is 12.3 Å². The highest BCUT2D eigenvalue weighted by molar-refractivity contribution is 5.81. The molecular formula is C24H27NO3. The van der Waals surface area contributed by atoms with Gasteiger partial charge in [0.05, 0.1) is 24.9 Å². The van der Waals surface area contributed by atoms with Crippen molar-refractivity contribution in [3.8, 4) is 0 Å². The third kappa shape index (κ3) is 3.15. The number of nitrogens with zero attached hydrogens (tertiary/aromatic N) is 1. The van der Waals surface area contributed by atoms with E-state index in [4.69, 9.17) is 9.47 Å². The normalized spacial score (nSPS) is 27.9. The van der Waals surface area contributed by atoms with E-state index in [1.54, 1.807) is 0 Å². The summed E-state index contributed by atoms with van der Waals surface area (Å²) in [6.45, 7) is 4.82. The molecule has 0 spiro atoms. The molecule has 1 aliphatic carbocycles. The molecule has 2 saturated heterocycles. The van der Waals surface area contributed by atoms with Crippen LogP contribution in [0.3, 0.4) is 0 Å². The fraction of sp³-hybridized carbons (Fsp3) is 0.458. The van der Waals surface area contributed by atoms with Crippen LogP contribution in [-0.4, -0.2) is 35.3 Å². The van der Waals surface area contributed by atoms with Crippen LogP contribution < -0.4 is 0 Å². The maximum absolute atomic E-state index is 13.9. The zero-order valence-corrected chi connectivity index (χ0v) is 16.5. The standard InChI is InChI=1S/C24H27NO3/c1-24(2)25(22-20-11-7-6-10-17(20)14-21(22)28-24)23(26)18(13-19-15-27-19)12-16-8-4-3-5-9-16/h3-11,18-19,21-22H,12-15H2,1-2H3/t18-,19?,21-,22+/m1/s1. The van der Waals surface area contributed by atoms with Gasteiger partial charge in [-0.3, -0.25) is 4.79 Å². The number of epoxide rings is 1. The van der Waals surface area contributed by atoms with Crippen molar-refractivity contribution in [1.29, 1.82) is 0 Å². The third-order valence-corrected chi connectivity index (χ3v) is 6.31. The van der Waals surface area contributed by atoms with Gasteiger partial charge in [0.1, 0.15) is 5.72 Å². The lowest BCUT2D eigenvalue weighted by atomic mass is 9.91. The van der Waals surface area contributed by atoms with Gasteiger partial charge >= 0.3 is 0 Å². The molecule has 2 heterocycles. The Kier molecular flexibility index (Phi) is 4.29. The molecule has 4 atom stereocenters. The largest absolute Gasteiger partial charge is 0.373 e. The average molecular weight is 377 g/mol. The minimum absolute atomic E-state index is 0.0112. The SMILES string of the molecule is CC1(C)O[C@@H]2Cc3ccccc3[C@@H]2N1C(=O)[C@H](Cc1ccccc1)CC1CO1. The van der Waals surface area contributed by atoms with Gasteiger partial charge in [0.15, 0.2) is 0 Å².